The number of hydrogen-bond acceptors (Lipinski definition) is 2. The van der Waals surface area contributed by atoms with E-state index in [-0.39, 0.29) is 11.6 Å². The molecule has 6 rings (SSSR count). The van der Waals surface area contributed by atoms with Crippen LogP contribution in [0, 0.1) is 16.7 Å². The maximum Gasteiger partial charge on any atom is 0.138 e. The molecule has 0 aromatic heterocycles. The Morgan fingerprint density at radius 2 is 1.46 bits per heavy atom. The van der Waals surface area contributed by atoms with Crippen molar-refractivity contribution in [2.75, 3.05) is 6.54 Å². The molecule has 35 heavy (non-hydrogen) atoms. The summed E-state index contributed by atoms with van der Waals surface area (Å²) in [6.45, 7) is 10.9. The van der Waals surface area contributed by atoms with Gasteiger partial charge in [0.1, 0.15) is 6.23 Å². The highest BCUT2D eigenvalue weighted by atomic mass is 31.1. The SMILES string of the molecule is CC(C)N1C[C@]23CC[C@H](CC2OC1c1ccccc1P(c1ccccc1)c1ccccc1)C3(C)C. The molecular formula is C32H38NOP. The van der Waals surface area contributed by atoms with Gasteiger partial charge in [-0.1, -0.05) is 98.8 Å². The van der Waals surface area contributed by atoms with E-state index in [1.54, 1.807) is 0 Å². The Bertz CT molecular complexity index is 1140. The number of benzene rings is 3. The van der Waals surface area contributed by atoms with Crippen LogP contribution in [0.5, 0.6) is 0 Å². The van der Waals surface area contributed by atoms with Crippen molar-refractivity contribution >= 4 is 23.8 Å². The van der Waals surface area contributed by atoms with Gasteiger partial charge in [0.25, 0.3) is 0 Å². The first-order chi connectivity index (χ1) is 16.9. The van der Waals surface area contributed by atoms with E-state index in [1.165, 1.54) is 40.7 Å². The van der Waals surface area contributed by atoms with Crippen LogP contribution >= 0.6 is 7.92 Å². The minimum atomic E-state index is -0.677. The van der Waals surface area contributed by atoms with Gasteiger partial charge in [-0.2, -0.15) is 0 Å². The van der Waals surface area contributed by atoms with Gasteiger partial charge in [0, 0.05) is 23.6 Å². The predicted molar refractivity (Wildman–Crippen MR) is 148 cm³/mol. The van der Waals surface area contributed by atoms with E-state index >= 15 is 0 Å². The Kier molecular flexibility index (Phi) is 5.91. The van der Waals surface area contributed by atoms with Gasteiger partial charge in [0.2, 0.25) is 0 Å². The van der Waals surface area contributed by atoms with Crippen molar-refractivity contribution in [2.45, 2.75) is 65.3 Å². The predicted octanol–water partition coefficient (Wildman–Crippen LogP) is 6.38. The number of fused-ring (bicyclic) bond motifs is 1. The topological polar surface area (TPSA) is 12.5 Å². The van der Waals surface area contributed by atoms with Gasteiger partial charge in [0.05, 0.1) is 6.10 Å². The fourth-order valence-corrected chi connectivity index (χ4v) is 9.87. The molecule has 2 nitrogen and oxygen atoms in total. The molecule has 3 aromatic rings. The summed E-state index contributed by atoms with van der Waals surface area (Å²) in [5, 5.41) is 4.21. The Morgan fingerprint density at radius 1 is 0.857 bits per heavy atom. The van der Waals surface area contributed by atoms with E-state index in [2.05, 4.69) is 118 Å². The zero-order chi connectivity index (χ0) is 24.2. The average molecular weight is 484 g/mol. The quantitative estimate of drug-likeness (QED) is 0.391. The highest BCUT2D eigenvalue weighted by molar-refractivity contribution is 7.79. The number of rotatable bonds is 5. The summed E-state index contributed by atoms with van der Waals surface area (Å²) < 4.78 is 7.23. The van der Waals surface area contributed by atoms with Crippen molar-refractivity contribution in [3.05, 3.63) is 90.5 Å². The molecule has 2 aliphatic carbocycles. The lowest BCUT2D eigenvalue weighted by Crippen LogP contribution is -2.57. The molecule has 3 fully saturated rings. The van der Waals surface area contributed by atoms with Crippen LogP contribution in [0.4, 0.5) is 0 Å². The fourth-order valence-electron chi connectivity index (χ4n) is 7.39. The molecule has 3 aromatic carbocycles. The minimum Gasteiger partial charge on any atom is -0.355 e. The Morgan fingerprint density at radius 3 is 2.06 bits per heavy atom. The van der Waals surface area contributed by atoms with Crippen molar-refractivity contribution in [2.24, 2.45) is 16.7 Å². The fraction of sp³-hybridized carbons (Fsp3) is 0.438. The van der Waals surface area contributed by atoms with Crippen LogP contribution in [0.3, 0.4) is 0 Å². The lowest BCUT2D eigenvalue weighted by atomic mass is 9.67. The second-order valence-electron chi connectivity index (χ2n) is 11.7. The van der Waals surface area contributed by atoms with Crippen LogP contribution in [-0.2, 0) is 4.74 Å². The summed E-state index contributed by atoms with van der Waals surface area (Å²) in [6, 6.07) is 31.7. The molecule has 1 aliphatic heterocycles. The first kappa shape index (κ1) is 23.4. The largest absolute Gasteiger partial charge is 0.355 e. The first-order valence-electron chi connectivity index (χ1n) is 13.3. The number of nitrogens with zero attached hydrogens (tertiary/aromatic N) is 1. The summed E-state index contributed by atoms with van der Waals surface area (Å²) >= 11 is 0. The Balaban J connectivity index is 1.46. The second-order valence-corrected chi connectivity index (χ2v) is 13.8. The maximum absolute atomic E-state index is 7.23. The van der Waals surface area contributed by atoms with E-state index in [0.717, 1.165) is 12.5 Å². The summed E-state index contributed by atoms with van der Waals surface area (Å²) in [7, 11) is -0.677. The normalized spacial score (nSPS) is 29.6. The molecule has 4 atom stereocenters. The zero-order valence-corrected chi connectivity index (χ0v) is 22.4. The highest BCUT2D eigenvalue weighted by Crippen LogP contribution is 2.69. The third-order valence-corrected chi connectivity index (χ3v) is 12.1. The molecule has 182 valence electrons. The Labute approximate surface area is 212 Å². The highest BCUT2D eigenvalue weighted by Gasteiger charge is 2.67. The summed E-state index contributed by atoms with van der Waals surface area (Å²) in [4.78, 5) is 2.67. The van der Waals surface area contributed by atoms with Gasteiger partial charge in [-0.25, -0.2) is 0 Å². The molecule has 0 N–H and O–H groups in total. The van der Waals surface area contributed by atoms with Gasteiger partial charge < -0.3 is 4.74 Å². The van der Waals surface area contributed by atoms with E-state index in [9.17, 15) is 0 Å². The van der Waals surface area contributed by atoms with E-state index in [4.69, 9.17) is 4.74 Å². The number of ether oxygens (including phenoxy) is 1. The smallest absolute Gasteiger partial charge is 0.138 e. The maximum atomic E-state index is 7.23. The van der Waals surface area contributed by atoms with Gasteiger partial charge in [-0.05, 0) is 68.3 Å². The van der Waals surface area contributed by atoms with Crippen molar-refractivity contribution < 1.29 is 4.74 Å². The molecule has 2 unspecified atom stereocenters. The molecule has 1 heterocycles. The zero-order valence-electron chi connectivity index (χ0n) is 21.5. The summed E-state index contributed by atoms with van der Waals surface area (Å²) in [6.07, 6.45) is 4.28. The molecule has 2 saturated carbocycles. The van der Waals surface area contributed by atoms with Crippen molar-refractivity contribution in [1.29, 1.82) is 0 Å². The minimum absolute atomic E-state index is 0.00870. The molecule has 3 aliphatic rings. The number of hydrogen-bond donors (Lipinski definition) is 0. The molecule has 1 spiro atoms. The van der Waals surface area contributed by atoms with Crippen LogP contribution < -0.4 is 15.9 Å². The molecule has 0 amide bonds. The van der Waals surface area contributed by atoms with Crippen LogP contribution in [0.2, 0.25) is 0 Å². The summed E-state index contributed by atoms with van der Waals surface area (Å²) in [5.41, 5.74) is 2.00. The van der Waals surface area contributed by atoms with Crippen LogP contribution in [0.1, 0.15) is 58.7 Å². The Hall–Kier alpha value is -1.99. The molecule has 0 radical (unpaired) electrons. The van der Waals surface area contributed by atoms with Gasteiger partial charge in [-0.15, -0.1) is 0 Å². The molecule has 2 bridgehead atoms. The van der Waals surface area contributed by atoms with E-state index in [1.807, 2.05) is 0 Å². The lowest BCUT2D eigenvalue weighted by molar-refractivity contribution is -0.221. The second kappa shape index (κ2) is 8.84. The third-order valence-electron chi connectivity index (χ3n) is 9.55. The van der Waals surface area contributed by atoms with Crippen LogP contribution in [0.15, 0.2) is 84.9 Å². The monoisotopic (exact) mass is 483 g/mol. The molecule has 3 heteroatoms. The van der Waals surface area contributed by atoms with Gasteiger partial charge in [-0.3, -0.25) is 4.90 Å². The van der Waals surface area contributed by atoms with E-state index < -0.39 is 7.92 Å². The molecule has 1 saturated heterocycles. The van der Waals surface area contributed by atoms with Crippen molar-refractivity contribution in [3.8, 4) is 0 Å². The third kappa shape index (κ3) is 3.64. The standard InChI is InChI=1S/C32H38NOP/c1-23(2)33-22-32-20-19-24(31(32,3)4)21-29(32)34-30(33)27-17-11-12-18-28(27)35(25-13-7-5-8-14-25)26-15-9-6-10-16-26/h5-18,23-24,29-30H,19-22H2,1-4H3/t24-,29?,30?,32-/m1/s1. The van der Waals surface area contributed by atoms with Crippen molar-refractivity contribution in [3.63, 3.8) is 0 Å². The molecular weight excluding hydrogens is 445 g/mol. The van der Waals surface area contributed by atoms with E-state index in [0.29, 0.717) is 17.6 Å². The van der Waals surface area contributed by atoms with Crippen molar-refractivity contribution in [1.82, 2.24) is 4.90 Å². The lowest BCUT2D eigenvalue weighted by Gasteiger charge is -2.54. The van der Waals surface area contributed by atoms with Gasteiger partial charge in [0.15, 0.2) is 0 Å². The average Bonchev–Trinajstić information content (AvgIpc) is 3.25. The summed E-state index contributed by atoms with van der Waals surface area (Å²) in [5.74, 6) is 0.793. The first-order valence-corrected chi connectivity index (χ1v) is 14.7. The van der Waals surface area contributed by atoms with Crippen LogP contribution in [0.25, 0.3) is 0 Å². The van der Waals surface area contributed by atoms with Gasteiger partial charge >= 0.3 is 0 Å². The van der Waals surface area contributed by atoms with Crippen LogP contribution in [-0.4, -0.2) is 23.6 Å².